The van der Waals surface area contributed by atoms with Gasteiger partial charge in [-0.15, -0.1) is 0 Å². The van der Waals surface area contributed by atoms with E-state index in [9.17, 15) is 8.78 Å². The highest BCUT2D eigenvalue weighted by atomic mass is 19.1. The van der Waals surface area contributed by atoms with Crippen molar-refractivity contribution in [3.05, 3.63) is 29.3 Å². The molecule has 0 bridgehead atoms. The molecule has 1 N–H and O–H groups in total. The summed E-state index contributed by atoms with van der Waals surface area (Å²) in [5, 5.41) is 3.17. The molecule has 1 aromatic rings. The van der Waals surface area contributed by atoms with E-state index in [1.54, 1.807) is 14.2 Å². The van der Waals surface area contributed by atoms with Crippen LogP contribution >= 0.6 is 0 Å². The van der Waals surface area contributed by atoms with Crippen LogP contribution in [0.2, 0.25) is 0 Å². The first-order valence-corrected chi connectivity index (χ1v) is 6.84. The highest BCUT2D eigenvalue weighted by Gasteiger charge is 2.15. The monoisotopic (exact) mass is 286 g/mol. The standard InChI is InChI=1S/C15H24F2N2O/c1-11(2)9-18-10-12-7-13(16)15(14(17)8-12)19(3)5-6-20-4/h7-8,11,18H,5-6,9-10H2,1-4H3. The number of anilines is 1. The Morgan fingerprint density at radius 3 is 2.35 bits per heavy atom. The van der Waals surface area contributed by atoms with Gasteiger partial charge >= 0.3 is 0 Å². The fourth-order valence-corrected chi connectivity index (χ4v) is 1.93. The summed E-state index contributed by atoms with van der Waals surface area (Å²) in [7, 11) is 3.21. The van der Waals surface area contributed by atoms with Crippen molar-refractivity contribution in [3.63, 3.8) is 0 Å². The van der Waals surface area contributed by atoms with E-state index in [0.717, 1.165) is 6.54 Å². The molecular formula is C15H24F2N2O. The number of hydrogen-bond acceptors (Lipinski definition) is 3. The minimum absolute atomic E-state index is 0.00494. The van der Waals surface area contributed by atoms with Crippen molar-refractivity contribution in [1.29, 1.82) is 0 Å². The maximum absolute atomic E-state index is 14.0. The molecule has 0 amide bonds. The molecule has 0 aliphatic carbocycles. The van der Waals surface area contributed by atoms with Gasteiger partial charge in [0.1, 0.15) is 17.3 Å². The van der Waals surface area contributed by atoms with E-state index in [2.05, 4.69) is 19.2 Å². The van der Waals surface area contributed by atoms with Gasteiger partial charge < -0.3 is 15.0 Å². The number of benzene rings is 1. The van der Waals surface area contributed by atoms with Crippen LogP contribution < -0.4 is 10.2 Å². The van der Waals surface area contributed by atoms with Crippen LogP contribution in [0.5, 0.6) is 0 Å². The molecule has 3 nitrogen and oxygen atoms in total. The molecule has 0 fully saturated rings. The molecule has 114 valence electrons. The molecule has 0 saturated carbocycles. The molecule has 0 atom stereocenters. The zero-order chi connectivity index (χ0) is 15.1. The number of halogens is 2. The number of rotatable bonds is 8. The average molecular weight is 286 g/mol. The second kappa shape index (κ2) is 8.17. The quantitative estimate of drug-likeness (QED) is 0.795. The van der Waals surface area contributed by atoms with Gasteiger partial charge in [-0.25, -0.2) is 8.78 Å². The smallest absolute Gasteiger partial charge is 0.149 e. The lowest BCUT2D eigenvalue weighted by Gasteiger charge is -2.20. The number of hydrogen-bond donors (Lipinski definition) is 1. The summed E-state index contributed by atoms with van der Waals surface area (Å²) in [6, 6.07) is 2.77. The molecule has 1 rings (SSSR count). The van der Waals surface area contributed by atoms with Gasteiger partial charge in [0.05, 0.1) is 6.61 Å². The van der Waals surface area contributed by atoms with E-state index in [1.165, 1.54) is 17.0 Å². The van der Waals surface area contributed by atoms with Crippen LogP contribution in [0.25, 0.3) is 0 Å². The third-order valence-electron chi connectivity index (χ3n) is 2.97. The minimum Gasteiger partial charge on any atom is -0.383 e. The first kappa shape index (κ1) is 16.9. The Balaban J connectivity index is 2.75. The van der Waals surface area contributed by atoms with Crippen molar-refractivity contribution in [2.24, 2.45) is 5.92 Å². The maximum Gasteiger partial charge on any atom is 0.149 e. The fourth-order valence-electron chi connectivity index (χ4n) is 1.93. The molecule has 0 spiro atoms. The topological polar surface area (TPSA) is 24.5 Å². The number of ether oxygens (including phenoxy) is 1. The molecule has 0 heterocycles. The Kier molecular flexibility index (Phi) is 6.88. The Morgan fingerprint density at radius 1 is 1.25 bits per heavy atom. The van der Waals surface area contributed by atoms with Crippen LogP contribution in [-0.4, -0.2) is 33.9 Å². The minimum atomic E-state index is -0.537. The van der Waals surface area contributed by atoms with Gasteiger partial charge in [-0.2, -0.15) is 0 Å². The van der Waals surface area contributed by atoms with Crippen LogP contribution in [0.1, 0.15) is 19.4 Å². The summed E-state index contributed by atoms with van der Waals surface area (Å²) in [4.78, 5) is 1.53. The molecule has 0 unspecified atom stereocenters. The van der Waals surface area contributed by atoms with E-state index in [0.29, 0.717) is 31.2 Å². The van der Waals surface area contributed by atoms with Gasteiger partial charge in [-0.1, -0.05) is 13.8 Å². The third kappa shape index (κ3) is 5.06. The third-order valence-corrected chi connectivity index (χ3v) is 2.97. The highest BCUT2D eigenvalue weighted by Crippen LogP contribution is 2.24. The van der Waals surface area contributed by atoms with E-state index >= 15 is 0 Å². The summed E-state index contributed by atoms with van der Waals surface area (Å²) in [6.45, 7) is 6.32. The van der Waals surface area contributed by atoms with Gasteiger partial charge in [0, 0.05) is 27.2 Å². The van der Waals surface area contributed by atoms with Crippen LogP contribution in [0.3, 0.4) is 0 Å². The largest absolute Gasteiger partial charge is 0.383 e. The zero-order valence-electron chi connectivity index (χ0n) is 12.7. The Labute approximate surface area is 119 Å². The van der Waals surface area contributed by atoms with Gasteiger partial charge in [-0.3, -0.25) is 0 Å². The van der Waals surface area contributed by atoms with Crippen LogP contribution in [-0.2, 0) is 11.3 Å². The van der Waals surface area contributed by atoms with Gasteiger partial charge in [-0.05, 0) is 30.2 Å². The SMILES string of the molecule is COCCN(C)c1c(F)cc(CNCC(C)C)cc1F. The normalized spacial score (nSPS) is 11.2. The number of likely N-dealkylation sites (N-methyl/N-ethyl adjacent to an activating group) is 1. The second-order valence-corrected chi connectivity index (χ2v) is 5.35. The molecule has 0 aliphatic rings. The number of nitrogens with one attached hydrogen (secondary N) is 1. The second-order valence-electron chi connectivity index (χ2n) is 5.35. The first-order chi connectivity index (χ1) is 9.45. The predicted molar refractivity (Wildman–Crippen MR) is 78.0 cm³/mol. The van der Waals surface area contributed by atoms with E-state index in [-0.39, 0.29) is 5.69 Å². The lowest BCUT2D eigenvalue weighted by Crippen LogP contribution is -2.25. The summed E-state index contributed by atoms with van der Waals surface area (Å²) in [6.07, 6.45) is 0. The van der Waals surface area contributed by atoms with Crippen molar-refractivity contribution in [1.82, 2.24) is 5.32 Å². The summed E-state index contributed by atoms with van der Waals surface area (Å²) >= 11 is 0. The van der Waals surface area contributed by atoms with E-state index < -0.39 is 11.6 Å². The Hall–Kier alpha value is -1.20. The summed E-state index contributed by atoms with van der Waals surface area (Å²) in [5.74, 6) is -0.570. The molecule has 0 saturated heterocycles. The van der Waals surface area contributed by atoms with Crippen molar-refractivity contribution < 1.29 is 13.5 Å². The number of nitrogens with zero attached hydrogens (tertiary/aromatic N) is 1. The first-order valence-electron chi connectivity index (χ1n) is 6.84. The lowest BCUT2D eigenvalue weighted by molar-refractivity contribution is 0.206. The highest BCUT2D eigenvalue weighted by molar-refractivity contribution is 5.50. The van der Waals surface area contributed by atoms with Crippen molar-refractivity contribution in [2.45, 2.75) is 20.4 Å². The van der Waals surface area contributed by atoms with Crippen LogP contribution in [0, 0.1) is 17.6 Å². The average Bonchev–Trinajstić information content (AvgIpc) is 2.35. The van der Waals surface area contributed by atoms with Crippen molar-refractivity contribution in [3.8, 4) is 0 Å². The van der Waals surface area contributed by atoms with E-state index in [1.807, 2.05) is 0 Å². The molecule has 0 aromatic heterocycles. The molecule has 0 radical (unpaired) electrons. The molecule has 1 aromatic carbocycles. The lowest BCUT2D eigenvalue weighted by atomic mass is 10.1. The van der Waals surface area contributed by atoms with Gasteiger partial charge in [0.25, 0.3) is 0 Å². The molecule has 0 aliphatic heterocycles. The van der Waals surface area contributed by atoms with Crippen molar-refractivity contribution >= 4 is 5.69 Å². The maximum atomic E-state index is 14.0. The number of methoxy groups -OCH3 is 1. The summed E-state index contributed by atoms with van der Waals surface area (Å²) in [5.41, 5.74) is 0.610. The van der Waals surface area contributed by atoms with Gasteiger partial charge in [0.15, 0.2) is 0 Å². The van der Waals surface area contributed by atoms with Crippen molar-refractivity contribution in [2.75, 3.05) is 38.8 Å². The predicted octanol–water partition coefficient (Wildman–Crippen LogP) is 2.79. The van der Waals surface area contributed by atoms with Gasteiger partial charge in [0.2, 0.25) is 0 Å². The molecule has 20 heavy (non-hydrogen) atoms. The Bertz CT molecular complexity index is 401. The molecular weight excluding hydrogens is 262 g/mol. The fraction of sp³-hybridized carbons (Fsp3) is 0.600. The zero-order valence-corrected chi connectivity index (χ0v) is 12.7. The Morgan fingerprint density at radius 2 is 1.85 bits per heavy atom. The van der Waals surface area contributed by atoms with Crippen LogP contribution in [0.4, 0.5) is 14.5 Å². The van der Waals surface area contributed by atoms with E-state index in [4.69, 9.17) is 4.74 Å². The summed E-state index contributed by atoms with van der Waals surface area (Å²) < 4.78 is 33.0. The van der Waals surface area contributed by atoms with Crippen LogP contribution in [0.15, 0.2) is 12.1 Å². The molecule has 5 heteroatoms.